The van der Waals surface area contributed by atoms with E-state index < -0.39 is 29.6 Å². The first-order valence-electron chi connectivity index (χ1n) is 9.41. The van der Waals surface area contributed by atoms with Crippen LogP contribution in [0.1, 0.15) is 11.1 Å². The van der Waals surface area contributed by atoms with Crippen LogP contribution in [0.15, 0.2) is 72.8 Å². The Morgan fingerprint density at radius 2 is 1.50 bits per heavy atom. The van der Waals surface area contributed by atoms with Crippen molar-refractivity contribution in [1.29, 1.82) is 0 Å². The highest BCUT2D eigenvalue weighted by molar-refractivity contribution is 5.85. The Bertz CT molecular complexity index is 1020. The van der Waals surface area contributed by atoms with Crippen LogP contribution in [0.2, 0.25) is 0 Å². The molecule has 0 aliphatic heterocycles. The Kier molecular flexibility index (Phi) is 6.91. The van der Waals surface area contributed by atoms with E-state index in [9.17, 15) is 18.4 Å². The van der Waals surface area contributed by atoms with Crippen molar-refractivity contribution in [2.45, 2.75) is 18.9 Å². The third-order valence-electron chi connectivity index (χ3n) is 4.67. The average Bonchev–Trinajstić information content (AvgIpc) is 2.76. The molecule has 0 heterocycles. The van der Waals surface area contributed by atoms with E-state index >= 15 is 0 Å². The molecule has 6 heteroatoms. The van der Waals surface area contributed by atoms with Crippen molar-refractivity contribution >= 4 is 11.9 Å². The van der Waals surface area contributed by atoms with Crippen molar-refractivity contribution in [2.75, 3.05) is 7.11 Å². The molecule has 0 aromatic heterocycles. The number of halogens is 2. The minimum absolute atomic E-state index is 0.183. The fourth-order valence-corrected chi connectivity index (χ4v) is 3.12. The van der Waals surface area contributed by atoms with Crippen molar-refractivity contribution < 1.29 is 23.1 Å². The molecule has 3 aromatic rings. The van der Waals surface area contributed by atoms with Gasteiger partial charge in [-0.1, -0.05) is 60.7 Å². The summed E-state index contributed by atoms with van der Waals surface area (Å²) in [7, 11) is 1.25. The van der Waals surface area contributed by atoms with Gasteiger partial charge in [-0.3, -0.25) is 4.79 Å². The minimum Gasteiger partial charge on any atom is -0.467 e. The van der Waals surface area contributed by atoms with Crippen LogP contribution < -0.4 is 5.32 Å². The molecular weight excluding hydrogens is 388 g/mol. The lowest BCUT2D eigenvalue weighted by molar-refractivity contribution is -0.145. The van der Waals surface area contributed by atoms with E-state index in [1.54, 1.807) is 0 Å². The SMILES string of the molecule is COC(=O)[C@H](Cc1ccc(-c2ccccc2)cc1)NC(=O)Cc1ccc(F)c(F)c1. The van der Waals surface area contributed by atoms with Crippen molar-refractivity contribution in [1.82, 2.24) is 5.32 Å². The Labute approximate surface area is 173 Å². The quantitative estimate of drug-likeness (QED) is 0.599. The highest BCUT2D eigenvalue weighted by Crippen LogP contribution is 2.20. The number of ether oxygens (including phenoxy) is 1. The molecule has 0 fully saturated rings. The molecule has 154 valence electrons. The second-order valence-corrected chi connectivity index (χ2v) is 6.84. The van der Waals surface area contributed by atoms with Crippen LogP contribution in [-0.2, 0) is 27.2 Å². The fraction of sp³-hybridized carbons (Fsp3) is 0.167. The smallest absolute Gasteiger partial charge is 0.328 e. The zero-order valence-electron chi connectivity index (χ0n) is 16.4. The summed E-state index contributed by atoms with van der Waals surface area (Å²) in [5.74, 6) is -3.08. The van der Waals surface area contributed by atoms with Crippen LogP contribution in [0, 0.1) is 11.6 Å². The highest BCUT2D eigenvalue weighted by Gasteiger charge is 2.22. The number of carbonyl (C=O) groups excluding carboxylic acids is 2. The van der Waals surface area contributed by atoms with E-state index in [0.29, 0.717) is 5.56 Å². The first kappa shape index (κ1) is 21.2. The first-order chi connectivity index (χ1) is 14.5. The normalized spacial score (nSPS) is 11.6. The van der Waals surface area contributed by atoms with Crippen LogP contribution in [0.4, 0.5) is 8.78 Å². The molecule has 0 radical (unpaired) electrons. The van der Waals surface area contributed by atoms with Crippen molar-refractivity contribution in [3.05, 3.63) is 95.6 Å². The first-order valence-corrected chi connectivity index (χ1v) is 9.41. The Hall–Kier alpha value is -3.54. The lowest BCUT2D eigenvalue weighted by Crippen LogP contribution is -2.43. The summed E-state index contributed by atoms with van der Waals surface area (Å²) in [6.07, 6.45) is 0.0584. The Morgan fingerprint density at radius 3 is 2.13 bits per heavy atom. The molecule has 0 bridgehead atoms. The third kappa shape index (κ3) is 5.50. The molecule has 0 saturated carbocycles. The summed E-state index contributed by atoms with van der Waals surface area (Å²) in [5, 5.41) is 2.62. The van der Waals surface area contributed by atoms with Gasteiger partial charge in [0, 0.05) is 6.42 Å². The second kappa shape index (κ2) is 9.78. The second-order valence-electron chi connectivity index (χ2n) is 6.84. The number of benzene rings is 3. The largest absolute Gasteiger partial charge is 0.467 e. The number of hydrogen-bond acceptors (Lipinski definition) is 3. The van der Waals surface area contributed by atoms with Crippen LogP contribution in [0.5, 0.6) is 0 Å². The van der Waals surface area contributed by atoms with E-state index in [1.165, 1.54) is 13.2 Å². The topological polar surface area (TPSA) is 55.4 Å². The van der Waals surface area contributed by atoms with Gasteiger partial charge in [-0.15, -0.1) is 0 Å². The zero-order valence-corrected chi connectivity index (χ0v) is 16.4. The molecule has 3 aromatic carbocycles. The molecule has 1 amide bonds. The standard InChI is InChI=1S/C24H21F2NO3/c1-30-24(29)22(27-23(28)15-17-9-12-20(25)21(26)13-17)14-16-7-10-19(11-8-16)18-5-3-2-4-6-18/h2-13,22H,14-15H2,1H3,(H,27,28)/t22-/m0/s1. The Balaban J connectivity index is 1.67. The number of hydrogen-bond donors (Lipinski definition) is 1. The summed E-state index contributed by atoms with van der Waals surface area (Å²) in [5.41, 5.74) is 3.27. The lowest BCUT2D eigenvalue weighted by atomic mass is 10.0. The lowest BCUT2D eigenvalue weighted by Gasteiger charge is -2.17. The van der Waals surface area contributed by atoms with E-state index in [1.807, 2.05) is 54.6 Å². The molecule has 0 unspecified atom stereocenters. The molecular formula is C24H21F2NO3. The number of amides is 1. The van der Waals surface area contributed by atoms with E-state index in [-0.39, 0.29) is 12.8 Å². The van der Waals surface area contributed by atoms with Gasteiger partial charge in [0.05, 0.1) is 13.5 Å². The summed E-state index contributed by atoms with van der Waals surface area (Å²) in [6, 6.07) is 19.9. The average molecular weight is 409 g/mol. The number of methoxy groups -OCH3 is 1. The van der Waals surface area contributed by atoms with Gasteiger partial charge in [-0.05, 0) is 34.4 Å². The molecule has 4 nitrogen and oxygen atoms in total. The molecule has 30 heavy (non-hydrogen) atoms. The monoisotopic (exact) mass is 409 g/mol. The van der Waals surface area contributed by atoms with Gasteiger partial charge in [0.25, 0.3) is 0 Å². The molecule has 1 N–H and O–H groups in total. The van der Waals surface area contributed by atoms with Gasteiger partial charge in [0.1, 0.15) is 6.04 Å². The number of nitrogens with one attached hydrogen (secondary N) is 1. The van der Waals surface area contributed by atoms with E-state index in [4.69, 9.17) is 4.74 Å². The highest BCUT2D eigenvalue weighted by atomic mass is 19.2. The maximum absolute atomic E-state index is 13.3. The molecule has 3 rings (SSSR count). The van der Waals surface area contributed by atoms with Gasteiger partial charge in [0.15, 0.2) is 11.6 Å². The Morgan fingerprint density at radius 1 is 0.867 bits per heavy atom. The third-order valence-corrected chi connectivity index (χ3v) is 4.67. The number of esters is 1. The van der Waals surface area contributed by atoms with Crippen LogP contribution >= 0.6 is 0 Å². The maximum Gasteiger partial charge on any atom is 0.328 e. The van der Waals surface area contributed by atoms with Crippen LogP contribution in [0.25, 0.3) is 11.1 Å². The number of rotatable bonds is 7. The molecule has 0 aliphatic rings. The summed E-state index contributed by atoms with van der Waals surface area (Å²) < 4.78 is 31.2. The van der Waals surface area contributed by atoms with Crippen molar-refractivity contribution in [3.63, 3.8) is 0 Å². The summed E-state index contributed by atoms with van der Waals surface area (Å²) in [4.78, 5) is 24.5. The van der Waals surface area contributed by atoms with Crippen LogP contribution in [0.3, 0.4) is 0 Å². The molecule has 0 aliphatic carbocycles. The maximum atomic E-state index is 13.3. The van der Waals surface area contributed by atoms with Crippen molar-refractivity contribution in [2.24, 2.45) is 0 Å². The minimum atomic E-state index is -1.02. The summed E-state index contributed by atoms with van der Waals surface area (Å²) in [6.45, 7) is 0. The zero-order chi connectivity index (χ0) is 21.5. The van der Waals surface area contributed by atoms with Gasteiger partial charge >= 0.3 is 5.97 Å². The number of carbonyl (C=O) groups is 2. The van der Waals surface area contributed by atoms with Gasteiger partial charge in [-0.2, -0.15) is 0 Å². The molecule has 1 atom stereocenters. The summed E-state index contributed by atoms with van der Waals surface area (Å²) >= 11 is 0. The van der Waals surface area contributed by atoms with Gasteiger partial charge < -0.3 is 10.1 Å². The van der Waals surface area contributed by atoms with E-state index in [2.05, 4.69) is 5.32 Å². The van der Waals surface area contributed by atoms with Crippen LogP contribution in [-0.4, -0.2) is 25.0 Å². The molecule has 0 spiro atoms. The van der Waals surface area contributed by atoms with Crippen molar-refractivity contribution in [3.8, 4) is 11.1 Å². The van der Waals surface area contributed by atoms with Gasteiger partial charge in [-0.25, -0.2) is 13.6 Å². The van der Waals surface area contributed by atoms with E-state index in [0.717, 1.165) is 28.8 Å². The predicted molar refractivity (Wildman–Crippen MR) is 110 cm³/mol. The van der Waals surface area contributed by atoms with Gasteiger partial charge in [0.2, 0.25) is 5.91 Å². The molecule has 0 saturated heterocycles. The fourth-order valence-electron chi connectivity index (χ4n) is 3.12. The predicted octanol–water partition coefficient (Wildman–Crippen LogP) is 4.07.